The van der Waals surface area contributed by atoms with Crippen LogP contribution in [0.25, 0.3) is 21.5 Å². The van der Waals surface area contributed by atoms with Gasteiger partial charge in [-0.1, -0.05) is 81.4 Å². The van der Waals surface area contributed by atoms with E-state index in [4.69, 9.17) is 18.9 Å². The van der Waals surface area contributed by atoms with Gasteiger partial charge < -0.3 is 24.1 Å². The van der Waals surface area contributed by atoms with Crippen LogP contribution in [0.1, 0.15) is 105 Å². The fourth-order valence-corrected chi connectivity index (χ4v) is 5.49. The van der Waals surface area contributed by atoms with Crippen molar-refractivity contribution in [2.24, 2.45) is 16.2 Å². The van der Waals surface area contributed by atoms with Crippen LogP contribution >= 0.6 is 0 Å². The highest BCUT2D eigenvalue weighted by atomic mass is 16.6. The number of aromatic hydroxyl groups is 1. The number of hydrogen-bond acceptors (Lipinski definition) is 9. The number of phenols is 1. The van der Waals surface area contributed by atoms with E-state index in [1.165, 1.54) is 16.3 Å². The average Bonchev–Trinajstić information content (AvgIpc) is 3.72. The van der Waals surface area contributed by atoms with Gasteiger partial charge in [0.25, 0.3) is 0 Å². The van der Waals surface area contributed by atoms with Crippen molar-refractivity contribution in [1.82, 2.24) is 0 Å². The molecule has 9 nitrogen and oxygen atoms in total. The lowest BCUT2D eigenvalue weighted by atomic mass is 9.90. The number of esters is 4. The highest BCUT2D eigenvalue weighted by Crippen LogP contribution is 2.40. The summed E-state index contributed by atoms with van der Waals surface area (Å²) in [5, 5.41) is 13.7. The van der Waals surface area contributed by atoms with E-state index in [1.54, 1.807) is 30.3 Å². The van der Waals surface area contributed by atoms with Crippen LogP contribution in [0, 0.1) is 16.2 Å². The third kappa shape index (κ3) is 9.75. The second kappa shape index (κ2) is 16.8. The Balaban J connectivity index is 0.000000181. The van der Waals surface area contributed by atoms with Crippen LogP contribution in [0.3, 0.4) is 0 Å². The molecule has 0 saturated carbocycles. The van der Waals surface area contributed by atoms with Gasteiger partial charge in [0.05, 0.1) is 22.7 Å². The van der Waals surface area contributed by atoms with E-state index < -0.39 is 16.2 Å². The van der Waals surface area contributed by atoms with Gasteiger partial charge >= 0.3 is 23.9 Å². The summed E-state index contributed by atoms with van der Waals surface area (Å²) in [6, 6.07) is 23.0. The van der Waals surface area contributed by atoms with Crippen LogP contribution in [-0.2, 0) is 39.8 Å². The minimum atomic E-state index is -0.515. The number of benzene rings is 4. The van der Waals surface area contributed by atoms with E-state index in [1.807, 2.05) is 74.4 Å². The molecule has 0 amide bonds. The van der Waals surface area contributed by atoms with Crippen molar-refractivity contribution >= 4 is 45.4 Å². The van der Waals surface area contributed by atoms with Crippen molar-refractivity contribution < 1.29 is 43.2 Å². The molecule has 1 aliphatic carbocycles. The first kappa shape index (κ1) is 40.8. The number of fused-ring (bicyclic) bond motifs is 1. The van der Waals surface area contributed by atoms with Gasteiger partial charge in [-0.25, -0.2) is 0 Å². The highest BCUT2D eigenvalue weighted by Gasteiger charge is 2.35. The van der Waals surface area contributed by atoms with Gasteiger partial charge in [0.2, 0.25) is 0 Å². The van der Waals surface area contributed by atoms with Gasteiger partial charge in [-0.2, -0.15) is 0 Å². The molecule has 1 saturated heterocycles. The molecule has 53 heavy (non-hydrogen) atoms. The molecule has 1 fully saturated rings. The molecule has 284 valence electrons. The molecule has 0 radical (unpaired) electrons. The fourth-order valence-electron chi connectivity index (χ4n) is 5.49. The molecule has 2 atom stereocenters. The molecule has 1 N–H and O–H groups in total. The molecular formula is C44H54O9. The van der Waals surface area contributed by atoms with Crippen molar-refractivity contribution in [3.8, 4) is 11.5 Å². The first-order valence-electron chi connectivity index (χ1n) is 18.4. The van der Waals surface area contributed by atoms with Crippen LogP contribution in [0.15, 0.2) is 72.8 Å². The second-order valence-corrected chi connectivity index (χ2v) is 15.6. The smallest absolute Gasteiger partial charge is 0.316 e. The molecule has 0 spiro atoms. The summed E-state index contributed by atoms with van der Waals surface area (Å²) in [7, 11) is 0. The minimum Gasteiger partial charge on any atom is -0.507 e. The summed E-state index contributed by atoms with van der Waals surface area (Å²) in [6.07, 6.45) is 2.67. The van der Waals surface area contributed by atoms with Crippen molar-refractivity contribution in [2.45, 2.75) is 107 Å². The van der Waals surface area contributed by atoms with Gasteiger partial charge in [0, 0.05) is 22.8 Å². The summed E-state index contributed by atoms with van der Waals surface area (Å²) in [4.78, 5) is 46.7. The molecule has 0 bridgehead atoms. The van der Waals surface area contributed by atoms with Gasteiger partial charge in [-0.3, -0.25) is 19.2 Å². The number of rotatable bonds is 9. The molecule has 0 aromatic heterocycles. The predicted molar refractivity (Wildman–Crippen MR) is 205 cm³/mol. The number of ether oxygens (including phenoxy) is 4. The lowest BCUT2D eigenvalue weighted by Gasteiger charge is -2.23. The maximum absolute atomic E-state index is 12.3. The maximum atomic E-state index is 12.3. The standard InChI is InChI=1S/C18H20O2.C16H18O3.C10H16O4/c1-4-18(2,3)17(19)20-15-11-13-9-5-7-12-8-6-10-14(15)16(12)13;1-4-16(2,3)15(18)19-14-10-6-7-11-12(14)8-5-9-13(11)17;1-4-10(2,3)9(12)14-7-5-8(11)13-6-7/h5-10,15H,4,11H2,1-3H3;5-10,17H,4H2,1-3H3;7H,4-6H2,1-3H3. The molecule has 2 unspecified atom stereocenters. The number of cyclic esters (lactones) is 1. The fraction of sp³-hybridized carbons (Fsp3) is 0.455. The highest BCUT2D eigenvalue weighted by molar-refractivity contribution is 5.95. The van der Waals surface area contributed by atoms with Crippen LogP contribution in [0.2, 0.25) is 0 Å². The monoisotopic (exact) mass is 726 g/mol. The van der Waals surface area contributed by atoms with Crippen LogP contribution in [0.4, 0.5) is 0 Å². The Morgan fingerprint density at radius 2 is 1.25 bits per heavy atom. The Labute approximate surface area is 313 Å². The Kier molecular flexibility index (Phi) is 13.0. The zero-order valence-corrected chi connectivity index (χ0v) is 32.5. The summed E-state index contributed by atoms with van der Waals surface area (Å²) in [5.41, 5.74) is 1.02. The van der Waals surface area contributed by atoms with Crippen LogP contribution in [0.5, 0.6) is 11.5 Å². The topological polar surface area (TPSA) is 125 Å². The van der Waals surface area contributed by atoms with Crippen molar-refractivity contribution in [1.29, 1.82) is 0 Å². The summed E-state index contributed by atoms with van der Waals surface area (Å²) in [6.45, 7) is 17.4. The van der Waals surface area contributed by atoms with Crippen LogP contribution in [-0.4, -0.2) is 41.7 Å². The second-order valence-electron chi connectivity index (χ2n) is 15.6. The largest absolute Gasteiger partial charge is 0.507 e. The van der Waals surface area contributed by atoms with Gasteiger partial charge in [0.15, 0.2) is 0 Å². The van der Waals surface area contributed by atoms with E-state index in [0.29, 0.717) is 24.0 Å². The summed E-state index contributed by atoms with van der Waals surface area (Å²) < 4.78 is 21.1. The Morgan fingerprint density at radius 1 is 0.698 bits per heavy atom. The van der Waals surface area contributed by atoms with Crippen molar-refractivity contribution in [3.05, 3.63) is 83.9 Å². The minimum absolute atomic E-state index is 0.102. The molecule has 4 aromatic rings. The van der Waals surface area contributed by atoms with Gasteiger partial charge in [-0.15, -0.1) is 0 Å². The van der Waals surface area contributed by atoms with Crippen LogP contribution < -0.4 is 4.74 Å². The van der Waals surface area contributed by atoms with Crippen molar-refractivity contribution in [3.63, 3.8) is 0 Å². The molecule has 9 heteroatoms. The molecule has 2 aliphatic rings. The average molecular weight is 727 g/mol. The zero-order valence-electron chi connectivity index (χ0n) is 32.5. The quantitative estimate of drug-likeness (QED) is 0.102. The normalized spacial score (nSPS) is 16.5. The first-order valence-corrected chi connectivity index (χ1v) is 18.4. The third-order valence-electron chi connectivity index (χ3n) is 10.5. The molecule has 1 heterocycles. The van der Waals surface area contributed by atoms with E-state index >= 15 is 0 Å². The summed E-state index contributed by atoms with van der Waals surface area (Å²) in [5.74, 6) is -0.244. The van der Waals surface area contributed by atoms with E-state index in [0.717, 1.165) is 23.8 Å². The van der Waals surface area contributed by atoms with Gasteiger partial charge in [0.1, 0.15) is 30.3 Å². The van der Waals surface area contributed by atoms with E-state index in [9.17, 15) is 24.3 Å². The first-order chi connectivity index (χ1) is 24.9. The summed E-state index contributed by atoms with van der Waals surface area (Å²) >= 11 is 0. The zero-order chi connectivity index (χ0) is 39.1. The van der Waals surface area contributed by atoms with E-state index in [-0.39, 0.29) is 54.9 Å². The van der Waals surface area contributed by atoms with Gasteiger partial charge in [-0.05, 0) is 89.3 Å². The Morgan fingerprint density at radius 3 is 1.85 bits per heavy atom. The SMILES string of the molecule is CCC(C)(C)C(=O)OC1COC(=O)C1.CCC(C)(C)C(=O)OC1Cc2cccc3cccc1c23.CCC(C)(C)C(=O)Oc1cccc2c(O)cccc12. The predicted octanol–water partition coefficient (Wildman–Crippen LogP) is 9.58. The molecule has 6 rings (SSSR count). The maximum Gasteiger partial charge on any atom is 0.316 e. The van der Waals surface area contributed by atoms with E-state index in [2.05, 4.69) is 30.3 Å². The number of carbonyl (C=O) groups is 4. The Hall–Kier alpha value is -4.92. The number of phenolic OH excluding ortho intramolecular Hbond substituents is 1. The lowest BCUT2D eigenvalue weighted by Crippen LogP contribution is -2.30. The molecule has 4 aromatic carbocycles. The molecule has 1 aliphatic heterocycles. The lowest BCUT2D eigenvalue weighted by molar-refractivity contribution is -0.160. The molecular weight excluding hydrogens is 672 g/mol. The third-order valence-corrected chi connectivity index (χ3v) is 10.5. The number of carbonyl (C=O) groups excluding carboxylic acids is 4. The number of hydrogen-bond donors (Lipinski definition) is 1. The Bertz CT molecular complexity index is 1950. The van der Waals surface area contributed by atoms with Crippen molar-refractivity contribution in [2.75, 3.05) is 6.61 Å².